The third-order valence-electron chi connectivity index (χ3n) is 4.92. The van der Waals surface area contributed by atoms with Crippen LogP contribution in [0.5, 0.6) is 11.5 Å². The van der Waals surface area contributed by atoms with E-state index in [4.69, 9.17) is 18.9 Å². The molecule has 0 heterocycles. The van der Waals surface area contributed by atoms with E-state index in [0.717, 1.165) is 0 Å². The Morgan fingerprint density at radius 2 is 1.45 bits per heavy atom. The fourth-order valence-corrected chi connectivity index (χ4v) is 3.14. The fourth-order valence-electron chi connectivity index (χ4n) is 3.14. The number of aliphatic carboxylic acids is 1. The highest BCUT2D eigenvalue weighted by Gasteiger charge is 2.23. The number of hydrogen-bond acceptors (Lipinski definition) is 9. The van der Waals surface area contributed by atoms with Gasteiger partial charge in [-0.25, -0.2) is 4.79 Å². The van der Waals surface area contributed by atoms with Crippen LogP contribution in [-0.2, 0) is 30.3 Å². The number of benzene rings is 1. The Kier molecular flexibility index (Phi) is 13.3. The average Bonchev–Trinajstić information content (AvgIpc) is 2.75. The zero-order valence-electron chi connectivity index (χ0n) is 23.8. The molecule has 0 aliphatic heterocycles. The highest BCUT2D eigenvalue weighted by molar-refractivity contribution is 5.77. The van der Waals surface area contributed by atoms with Crippen LogP contribution in [0, 0.1) is 17.3 Å². The number of hydrogen-bond donors (Lipinski definition) is 2. The molecule has 0 amide bonds. The molecule has 0 saturated heterocycles. The van der Waals surface area contributed by atoms with Crippen molar-refractivity contribution in [2.45, 2.75) is 86.8 Å². The zero-order valence-corrected chi connectivity index (χ0v) is 23.8. The number of rotatable bonds is 14. The molecule has 2 N–H and O–H groups in total. The van der Waals surface area contributed by atoms with E-state index in [1.54, 1.807) is 13.0 Å². The van der Waals surface area contributed by atoms with Gasteiger partial charge >= 0.3 is 24.1 Å². The smallest absolute Gasteiger partial charge is 0.480 e. The molecule has 214 valence electrons. The number of carboxylic acids is 1. The highest BCUT2D eigenvalue weighted by atomic mass is 16.7. The maximum absolute atomic E-state index is 12.3. The number of carbonyl (C=O) groups is 4. The Morgan fingerprint density at radius 3 is 1.95 bits per heavy atom. The van der Waals surface area contributed by atoms with Gasteiger partial charge in [-0.05, 0) is 48.3 Å². The Labute approximate surface area is 225 Å². The van der Waals surface area contributed by atoms with Gasteiger partial charge in [-0.1, -0.05) is 54.5 Å². The minimum absolute atomic E-state index is 0.0332. The van der Waals surface area contributed by atoms with Gasteiger partial charge in [0.2, 0.25) is 0 Å². The SMILES string of the molecule is CC(C)CC(=O)Oc1ccc(C[C@H](NCC(C)OC(=O)OCC(C)(C)C)C(=O)O)cc1OC(=O)CC(C)C. The van der Waals surface area contributed by atoms with Gasteiger partial charge in [-0.3, -0.25) is 14.4 Å². The Morgan fingerprint density at radius 1 is 0.895 bits per heavy atom. The van der Waals surface area contributed by atoms with Gasteiger partial charge in [0, 0.05) is 19.4 Å². The second-order valence-electron chi connectivity index (χ2n) is 11.5. The van der Waals surface area contributed by atoms with Crippen LogP contribution in [0.1, 0.15) is 73.8 Å². The van der Waals surface area contributed by atoms with Crippen LogP contribution in [0.3, 0.4) is 0 Å². The van der Waals surface area contributed by atoms with Gasteiger partial charge in [0.1, 0.15) is 12.1 Å². The number of carboxylic acid groups (broad SMARTS) is 1. The van der Waals surface area contributed by atoms with Gasteiger partial charge in [0.15, 0.2) is 11.5 Å². The van der Waals surface area contributed by atoms with Crippen molar-refractivity contribution in [3.05, 3.63) is 23.8 Å². The molecular formula is C28H43NO9. The standard InChI is InChI=1S/C28H43NO9/c1-17(2)11-24(30)37-22-10-9-20(14-23(22)38-25(31)12-18(3)4)13-21(26(32)33)29-15-19(5)36-27(34)35-16-28(6,7)8/h9-10,14,17-19,21,29H,11-13,15-16H2,1-8H3,(H,32,33)/t19?,21-/m0/s1. The molecule has 0 radical (unpaired) electrons. The second kappa shape index (κ2) is 15.3. The maximum atomic E-state index is 12.3. The van der Waals surface area contributed by atoms with Gasteiger partial charge in [-0.2, -0.15) is 0 Å². The summed E-state index contributed by atoms with van der Waals surface area (Å²) in [5, 5.41) is 12.6. The Balaban J connectivity index is 2.93. The van der Waals surface area contributed by atoms with Crippen molar-refractivity contribution in [3.8, 4) is 11.5 Å². The molecule has 10 heteroatoms. The average molecular weight is 538 g/mol. The van der Waals surface area contributed by atoms with Crippen molar-refractivity contribution < 1.29 is 43.2 Å². The first kappa shape index (κ1) is 32.9. The van der Waals surface area contributed by atoms with Crippen molar-refractivity contribution in [1.29, 1.82) is 0 Å². The number of nitrogens with one attached hydrogen (secondary N) is 1. The van der Waals surface area contributed by atoms with Crippen molar-refractivity contribution in [2.75, 3.05) is 13.2 Å². The summed E-state index contributed by atoms with van der Waals surface area (Å²) in [5.74, 6) is -1.78. The van der Waals surface area contributed by atoms with Crippen molar-refractivity contribution in [1.82, 2.24) is 5.32 Å². The van der Waals surface area contributed by atoms with Crippen molar-refractivity contribution >= 4 is 24.1 Å². The van der Waals surface area contributed by atoms with Crippen molar-refractivity contribution in [3.63, 3.8) is 0 Å². The fraction of sp³-hybridized carbons (Fsp3) is 0.643. The van der Waals surface area contributed by atoms with Crippen LogP contribution in [0.25, 0.3) is 0 Å². The van der Waals surface area contributed by atoms with Crippen LogP contribution < -0.4 is 14.8 Å². The Bertz CT molecular complexity index is 950. The molecule has 10 nitrogen and oxygen atoms in total. The van der Waals surface area contributed by atoms with E-state index in [1.165, 1.54) is 12.1 Å². The van der Waals surface area contributed by atoms with Crippen LogP contribution in [0.15, 0.2) is 18.2 Å². The lowest BCUT2D eigenvalue weighted by atomic mass is 9.99. The monoisotopic (exact) mass is 537 g/mol. The predicted molar refractivity (Wildman–Crippen MR) is 141 cm³/mol. The molecule has 1 unspecified atom stereocenters. The van der Waals surface area contributed by atoms with E-state index in [9.17, 15) is 24.3 Å². The summed E-state index contributed by atoms with van der Waals surface area (Å²) in [7, 11) is 0. The predicted octanol–water partition coefficient (Wildman–Crippen LogP) is 4.76. The molecule has 0 aromatic heterocycles. The molecule has 38 heavy (non-hydrogen) atoms. The summed E-state index contributed by atoms with van der Waals surface area (Å²) >= 11 is 0. The van der Waals surface area contributed by atoms with Crippen LogP contribution in [0.4, 0.5) is 4.79 Å². The van der Waals surface area contributed by atoms with Gasteiger partial charge in [-0.15, -0.1) is 0 Å². The summed E-state index contributed by atoms with van der Waals surface area (Å²) in [6.07, 6.45) is -1.07. The first-order chi connectivity index (χ1) is 17.6. The third kappa shape index (κ3) is 14.0. The Hall–Kier alpha value is -3.14. The largest absolute Gasteiger partial charge is 0.508 e. The van der Waals surface area contributed by atoms with Crippen LogP contribution in [-0.4, -0.2) is 54.5 Å². The molecule has 0 bridgehead atoms. The molecule has 0 spiro atoms. The van der Waals surface area contributed by atoms with Crippen LogP contribution >= 0.6 is 0 Å². The molecule has 0 fully saturated rings. The van der Waals surface area contributed by atoms with E-state index < -0.39 is 36.2 Å². The molecular weight excluding hydrogens is 494 g/mol. The lowest BCUT2D eigenvalue weighted by Crippen LogP contribution is -2.42. The third-order valence-corrected chi connectivity index (χ3v) is 4.92. The van der Waals surface area contributed by atoms with E-state index in [2.05, 4.69) is 5.32 Å². The van der Waals surface area contributed by atoms with E-state index in [1.807, 2.05) is 48.5 Å². The molecule has 1 aromatic carbocycles. The second-order valence-corrected chi connectivity index (χ2v) is 11.5. The lowest BCUT2D eigenvalue weighted by Gasteiger charge is -2.21. The normalized spacial score (nSPS) is 13.1. The van der Waals surface area contributed by atoms with E-state index in [0.29, 0.717) is 5.56 Å². The van der Waals surface area contributed by atoms with Crippen LogP contribution in [0.2, 0.25) is 0 Å². The summed E-state index contributed by atoms with van der Waals surface area (Å²) in [4.78, 5) is 48.3. The quantitative estimate of drug-likeness (QED) is 0.252. The molecule has 1 rings (SSSR count). The van der Waals surface area contributed by atoms with E-state index >= 15 is 0 Å². The minimum Gasteiger partial charge on any atom is -0.480 e. The molecule has 0 saturated carbocycles. The lowest BCUT2D eigenvalue weighted by molar-refractivity contribution is -0.139. The highest BCUT2D eigenvalue weighted by Crippen LogP contribution is 2.30. The zero-order chi connectivity index (χ0) is 29.0. The summed E-state index contributed by atoms with van der Waals surface area (Å²) in [6.45, 7) is 15.2. The summed E-state index contributed by atoms with van der Waals surface area (Å²) in [6, 6.07) is 3.57. The number of ether oxygens (including phenoxy) is 4. The molecule has 0 aliphatic rings. The number of carbonyl (C=O) groups excluding carboxylic acids is 3. The minimum atomic E-state index is -1.11. The first-order valence-electron chi connectivity index (χ1n) is 12.9. The van der Waals surface area contributed by atoms with Gasteiger partial charge in [0.25, 0.3) is 0 Å². The maximum Gasteiger partial charge on any atom is 0.508 e. The molecule has 2 atom stereocenters. The van der Waals surface area contributed by atoms with Gasteiger partial charge < -0.3 is 29.4 Å². The van der Waals surface area contributed by atoms with E-state index in [-0.39, 0.29) is 61.2 Å². The number of esters is 2. The van der Waals surface area contributed by atoms with Gasteiger partial charge in [0.05, 0.1) is 6.61 Å². The van der Waals surface area contributed by atoms with Crippen molar-refractivity contribution in [2.24, 2.45) is 17.3 Å². The molecule has 1 aromatic rings. The molecule has 0 aliphatic carbocycles. The summed E-state index contributed by atoms with van der Waals surface area (Å²) < 4.78 is 21.1. The summed E-state index contributed by atoms with van der Waals surface area (Å²) in [5.41, 5.74) is 0.332. The first-order valence-corrected chi connectivity index (χ1v) is 12.9. The topological polar surface area (TPSA) is 137 Å².